The summed E-state index contributed by atoms with van der Waals surface area (Å²) in [5.41, 5.74) is 5.96. The Labute approximate surface area is 107 Å². The third-order valence-electron chi connectivity index (χ3n) is 3.19. The van der Waals surface area contributed by atoms with Gasteiger partial charge in [0.1, 0.15) is 0 Å². The average Bonchev–Trinajstić information content (AvgIpc) is 2.28. The van der Waals surface area contributed by atoms with Crippen LogP contribution in [0.2, 0.25) is 0 Å². The molecular formula is C12H22N2O4. The predicted molar refractivity (Wildman–Crippen MR) is 66.0 cm³/mol. The second kappa shape index (κ2) is 6.70. The van der Waals surface area contributed by atoms with Crippen LogP contribution in [0.5, 0.6) is 0 Å². The summed E-state index contributed by atoms with van der Waals surface area (Å²) in [6.07, 6.45) is 1.29. The highest BCUT2D eigenvalue weighted by Crippen LogP contribution is 2.26. The predicted octanol–water partition coefficient (Wildman–Crippen LogP) is 0.108. The molecule has 1 saturated carbocycles. The van der Waals surface area contributed by atoms with Gasteiger partial charge in [0.25, 0.3) is 0 Å². The Balaban J connectivity index is 2.73. The first-order chi connectivity index (χ1) is 8.45. The number of carbonyl (C=O) groups is 2. The molecule has 1 unspecified atom stereocenters. The van der Waals surface area contributed by atoms with Gasteiger partial charge in [-0.05, 0) is 19.3 Å². The number of aliphatic carboxylic acids is 1. The standard InChI is InChI=1S/C12H22N2O4/c1-3-4-18-10-6-8(12(16)17)5-9(13)11(10)14-7(2)15/h8-11H,3-6,13H2,1-2H3,(H,14,15)(H,16,17)/t8?,9-,10+,11+/m0/s1. The zero-order chi connectivity index (χ0) is 13.7. The molecule has 4 N–H and O–H groups in total. The van der Waals surface area contributed by atoms with Crippen LogP contribution in [0.4, 0.5) is 0 Å². The zero-order valence-corrected chi connectivity index (χ0v) is 10.9. The van der Waals surface area contributed by atoms with E-state index in [2.05, 4.69) is 5.32 Å². The molecule has 4 atom stereocenters. The van der Waals surface area contributed by atoms with Crippen molar-refractivity contribution in [2.24, 2.45) is 11.7 Å². The fourth-order valence-corrected chi connectivity index (χ4v) is 2.35. The molecule has 1 aliphatic carbocycles. The highest BCUT2D eigenvalue weighted by molar-refractivity contribution is 5.74. The van der Waals surface area contributed by atoms with E-state index < -0.39 is 11.9 Å². The minimum Gasteiger partial charge on any atom is -0.481 e. The maximum Gasteiger partial charge on any atom is 0.306 e. The smallest absolute Gasteiger partial charge is 0.306 e. The molecule has 0 bridgehead atoms. The van der Waals surface area contributed by atoms with Crippen molar-refractivity contribution in [2.45, 2.75) is 51.3 Å². The highest BCUT2D eigenvalue weighted by Gasteiger charge is 2.39. The van der Waals surface area contributed by atoms with Gasteiger partial charge in [0.05, 0.1) is 18.1 Å². The molecule has 1 rings (SSSR count). The van der Waals surface area contributed by atoms with Crippen LogP contribution >= 0.6 is 0 Å². The molecule has 0 aromatic rings. The number of hydrogen-bond acceptors (Lipinski definition) is 4. The van der Waals surface area contributed by atoms with Gasteiger partial charge in [-0.25, -0.2) is 0 Å². The molecule has 0 radical (unpaired) electrons. The van der Waals surface area contributed by atoms with E-state index in [1.54, 1.807) is 0 Å². The van der Waals surface area contributed by atoms with Gasteiger partial charge in [0.15, 0.2) is 0 Å². The van der Waals surface area contributed by atoms with E-state index in [1.807, 2.05) is 6.92 Å². The molecule has 18 heavy (non-hydrogen) atoms. The van der Waals surface area contributed by atoms with Crippen molar-refractivity contribution in [1.29, 1.82) is 0 Å². The van der Waals surface area contributed by atoms with Gasteiger partial charge in [-0.3, -0.25) is 9.59 Å². The summed E-state index contributed by atoms with van der Waals surface area (Å²) >= 11 is 0. The van der Waals surface area contributed by atoms with Crippen molar-refractivity contribution >= 4 is 11.9 Å². The maximum absolute atomic E-state index is 11.2. The maximum atomic E-state index is 11.2. The number of amides is 1. The summed E-state index contributed by atoms with van der Waals surface area (Å²) in [5.74, 6) is -1.52. The number of rotatable bonds is 5. The molecule has 1 aliphatic rings. The monoisotopic (exact) mass is 258 g/mol. The number of ether oxygens (including phenoxy) is 1. The second-order valence-electron chi connectivity index (χ2n) is 4.81. The van der Waals surface area contributed by atoms with Gasteiger partial charge in [0.2, 0.25) is 5.91 Å². The molecule has 6 heteroatoms. The largest absolute Gasteiger partial charge is 0.481 e. The van der Waals surface area contributed by atoms with E-state index in [0.717, 1.165) is 6.42 Å². The molecule has 1 amide bonds. The Morgan fingerprint density at radius 2 is 2.11 bits per heavy atom. The molecule has 0 aliphatic heterocycles. The summed E-state index contributed by atoms with van der Waals surface area (Å²) in [6, 6.07) is -0.685. The van der Waals surface area contributed by atoms with Crippen LogP contribution in [0.3, 0.4) is 0 Å². The lowest BCUT2D eigenvalue weighted by molar-refractivity contribution is -0.146. The van der Waals surface area contributed by atoms with Crippen molar-refractivity contribution in [3.05, 3.63) is 0 Å². The number of hydrogen-bond donors (Lipinski definition) is 3. The molecular weight excluding hydrogens is 236 g/mol. The molecule has 0 aromatic heterocycles. The molecule has 0 heterocycles. The van der Waals surface area contributed by atoms with Crippen molar-refractivity contribution in [3.63, 3.8) is 0 Å². The Hall–Kier alpha value is -1.14. The van der Waals surface area contributed by atoms with Gasteiger partial charge >= 0.3 is 5.97 Å². The van der Waals surface area contributed by atoms with Crippen molar-refractivity contribution in [1.82, 2.24) is 5.32 Å². The van der Waals surface area contributed by atoms with Crippen LogP contribution in [0.1, 0.15) is 33.1 Å². The number of carbonyl (C=O) groups excluding carboxylic acids is 1. The fraction of sp³-hybridized carbons (Fsp3) is 0.833. The van der Waals surface area contributed by atoms with E-state index in [-0.39, 0.29) is 24.1 Å². The molecule has 0 spiro atoms. The molecule has 104 valence electrons. The Kier molecular flexibility index (Phi) is 5.55. The molecule has 6 nitrogen and oxygen atoms in total. The molecule has 1 fully saturated rings. The van der Waals surface area contributed by atoms with Crippen LogP contribution < -0.4 is 11.1 Å². The summed E-state index contributed by atoms with van der Waals surface area (Å²) in [5, 5.41) is 11.8. The minimum absolute atomic E-state index is 0.172. The van der Waals surface area contributed by atoms with Crippen molar-refractivity contribution in [2.75, 3.05) is 6.61 Å². The Morgan fingerprint density at radius 1 is 1.44 bits per heavy atom. The summed E-state index contributed by atoms with van der Waals surface area (Å²) in [4.78, 5) is 22.2. The van der Waals surface area contributed by atoms with E-state index in [9.17, 15) is 9.59 Å². The average molecular weight is 258 g/mol. The first-order valence-corrected chi connectivity index (χ1v) is 6.32. The van der Waals surface area contributed by atoms with Gasteiger partial charge in [0, 0.05) is 19.6 Å². The first-order valence-electron chi connectivity index (χ1n) is 6.32. The van der Waals surface area contributed by atoms with E-state index in [1.165, 1.54) is 6.92 Å². The Morgan fingerprint density at radius 3 is 2.61 bits per heavy atom. The summed E-state index contributed by atoms with van der Waals surface area (Å²) in [6.45, 7) is 3.94. The fourth-order valence-electron chi connectivity index (χ4n) is 2.35. The third-order valence-corrected chi connectivity index (χ3v) is 3.19. The Bertz CT molecular complexity index is 308. The lowest BCUT2D eigenvalue weighted by Crippen LogP contribution is -2.59. The third kappa shape index (κ3) is 3.96. The van der Waals surface area contributed by atoms with Gasteiger partial charge in [-0.2, -0.15) is 0 Å². The summed E-state index contributed by atoms with van der Waals surface area (Å²) in [7, 11) is 0. The van der Waals surface area contributed by atoms with Gasteiger partial charge in [-0.15, -0.1) is 0 Å². The van der Waals surface area contributed by atoms with E-state index in [4.69, 9.17) is 15.6 Å². The molecule has 0 saturated heterocycles. The highest BCUT2D eigenvalue weighted by atomic mass is 16.5. The molecule has 0 aromatic carbocycles. The topological polar surface area (TPSA) is 102 Å². The lowest BCUT2D eigenvalue weighted by atomic mass is 9.80. The zero-order valence-electron chi connectivity index (χ0n) is 10.9. The van der Waals surface area contributed by atoms with Gasteiger partial charge in [-0.1, -0.05) is 6.92 Å². The van der Waals surface area contributed by atoms with Crippen molar-refractivity contribution in [3.8, 4) is 0 Å². The van der Waals surface area contributed by atoms with Crippen LogP contribution in [-0.4, -0.2) is 41.8 Å². The van der Waals surface area contributed by atoms with Crippen LogP contribution in [0.25, 0.3) is 0 Å². The van der Waals surface area contributed by atoms with Crippen LogP contribution in [-0.2, 0) is 14.3 Å². The quantitative estimate of drug-likeness (QED) is 0.649. The van der Waals surface area contributed by atoms with E-state index in [0.29, 0.717) is 19.4 Å². The number of carboxylic acids is 1. The van der Waals surface area contributed by atoms with Crippen LogP contribution in [0, 0.1) is 5.92 Å². The lowest BCUT2D eigenvalue weighted by Gasteiger charge is -2.39. The second-order valence-corrected chi connectivity index (χ2v) is 4.81. The first kappa shape index (κ1) is 14.9. The normalized spacial score (nSPS) is 31.9. The van der Waals surface area contributed by atoms with Crippen molar-refractivity contribution < 1.29 is 19.4 Å². The number of nitrogens with two attached hydrogens (primary N) is 1. The SMILES string of the molecule is CCCO[C@@H]1CC(C(=O)O)C[C@H](N)[C@H]1NC(C)=O. The van der Waals surface area contributed by atoms with E-state index >= 15 is 0 Å². The summed E-state index contributed by atoms with van der Waals surface area (Å²) < 4.78 is 5.64. The minimum atomic E-state index is -0.850. The number of carboxylic acid groups (broad SMARTS) is 1. The van der Waals surface area contributed by atoms with Crippen LogP contribution in [0.15, 0.2) is 0 Å². The van der Waals surface area contributed by atoms with Gasteiger partial charge < -0.3 is 20.9 Å². The number of nitrogens with one attached hydrogen (secondary N) is 1.